The summed E-state index contributed by atoms with van der Waals surface area (Å²) in [5, 5.41) is 0. The van der Waals surface area contributed by atoms with Gasteiger partial charge in [0.2, 0.25) is 6.23 Å². The molecule has 0 aromatic carbocycles. The molecule has 0 aromatic heterocycles. The van der Waals surface area contributed by atoms with Crippen molar-refractivity contribution in [2.24, 2.45) is 0 Å². The van der Waals surface area contributed by atoms with Crippen LogP contribution in [0.3, 0.4) is 0 Å². The van der Waals surface area contributed by atoms with Gasteiger partial charge >= 0.3 is 5.71 Å². The molecular weight excluding hydrogens is 264 g/mol. The summed E-state index contributed by atoms with van der Waals surface area (Å²) in [6.45, 7) is 8.11. The molecular formula is C17H29N2O2+. The van der Waals surface area contributed by atoms with Crippen LogP contribution in [0.1, 0.15) is 40.0 Å². The van der Waals surface area contributed by atoms with E-state index in [4.69, 9.17) is 9.47 Å². The molecule has 1 unspecified atom stereocenters. The summed E-state index contributed by atoms with van der Waals surface area (Å²) in [5.74, 6) is 0.950. The SMILES string of the molecule is CC=[N+]=C(C=C(CCC)OC)C(OC)N1CCC(=CC)C1. The van der Waals surface area contributed by atoms with Gasteiger partial charge in [0.25, 0.3) is 6.21 Å². The van der Waals surface area contributed by atoms with Gasteiger partial charge in [-0.1, -0.05) is 23.2 Å². The Morgan fingerprint density at radius 1 is 1.38 bits per heavy atom. The van der Waals surface area contributed by atoms with Crippen molar-refractivity contribution < 1.29 is 9.47 Å². The van der Waals surface area contributed by atoms with Gasteiger partial charge in [-0.2, -0.15) is 0 Å². The lowest BCUT2D eigenvalue weighted by Gasteiger charge is -2.21. The maximum Gasteiger partial charge on any atom is 0.350 e. The molecule has 1 saturated heterocycles. The fourth-order valence-electron chi connectivity index (χ4n) is 2.56. The van der Waals surface area contributed by atoms with Gasteiger partial charge in [0, 0.05) is 33.5 Å². The number of ether oxygens (including phenoxy) is 2. The van der Waals surface area contributed by atoms with E-state index in [0.717, 1.165) is 43.8 Å². The van der Waals surface area contributed by atoms with Crippen molar-refractivity contribution in [2.45, 2.75) is 46.3 Å². The van der Waals surface area contributed by atoms with Gasteiger partial charge in [-0.25, -0.2) is 0 Å². The Hall–Kier alpha value is -1.35. The lowest BCUT2D eigenvalue weighted by atomic mass is 10.2. The van der Waals surface area contributed by atoms with Crippen LogP contribution in [0.15, 0.2) is 23.5 Å². The van der Waals surface area contributed by atoms with Crippen LogP contribution in [-0.4, -0.2) is 50.4 Å². The summed E-state index contributed by atoms with van der Waals surface area (Å²) in [7, 11) is 3.45. The molecule has 0 amide bonds. The third kappa shape index (κ3) is 5.16. The number of methoxy groups -OCH3 is 2. The topological polar surface area (TPSA) is 35.8 Å². The van der Waals surface area contributed by atoms with E-state index < -0.39 is 0 Å². The van der Waals surface area contributed by atoms with Crippen molar-refractivity contribution >= 4 is 11.9 Å². The summed E-state index contributed by atoms with van der Waals surface area (Å²) < 4.78 is 15.7. The van der Waals surface area contributed by atoms with E-state index in [1.807, 2.05) is 19.2 Å². The van der Waals surface area contributed by atoms with Gasteiger partial charge in [-0.05, 0) is 19.8 Å². The highest BCUT2D eigenvalue weighted by Gasteiger charge is 2.33. The average Bonchev–Trinajstić information content (AvgIpc) is 2.96. The second-order valence-corrected chi connectivity index (χ2v) is 5.13. The van der Waals surface area contributed by atoms with Crippen LogP contribution in [0, 0.1) is 0 Å². The molecule has 1 rings (SSSR count). The Balaban J connectivity index is 3.00. The second kappa shape index (κ2) is 9.56. The van der Waals surface area contributed by atoms with Crippen LogP contribution in [0.5, 0.6) is 0 Å². The fraction of sp³-hybridized carbons (Fsp3) is 0.647. The minimum Gasteiger partial charge on any atom is -0.501 e. The van der Waals surface area contributed by atoms with Crippen LogP contribution >= 0.6 is 0 Å². The maximum atomic E-state index is 5.71. The van der Waals surface area contributed by atoms with Crippen molar-refractivity contribution in [1.82, 2.24) is 9.57 Å². The van der Waals surface area contributed by atoms with Crippen LogP contribution < -0.4 is 4.67 Å². The predicted molar refractivity (Wildman–Crippen MR) is 89.6 cm³/mol. The van der Waals surface area contributed by atoms with Crippen molar-refractivity contribution in [1.29, 1.82) is 0 Å². The Bertz CT molecular complexity index is 446. The lowest BCUT2D eigenvalue weighted by Crippen LogP contribution is -2.41. The molecule has 0 spiro atoms. The van der Waals surface area contributed by atoms with E-state index in [1.165, 1.54) is 5.57 Å². The normalized spacial score (nSPS) is 19.5. The minimum atomic E-state index is -0.124. The van der Waals surface area contributed by atoms with Gasteiger partial charge in [-0.15, -0.1) is 0 Å². The number of likely N-dealkylation sites (tertiary alicyclic amines) is 1. The lowest BCUT2D eigenvalue weighted by molar-refractivity contribution is 0.0341. The van der Waals surface area contributed by atoms with E-state index in [1.54, 1.807) is 14.2 Å². The monoisotopic (exact) mass is 293 g/mol. The first-order valence-electron chi connectivity index (χ1n) is 7.71. The molecule has 0 aliphatic carbocycles. The van der Waals surface area contributed by atoms with Crippen LogP contribution in [0.4, 0.5) is 0 Å². The summed E-state index contributed by atoms with van der Waals surface area (Å²) in [5.41, 5.74) is 2.36. The van der Waals surface area contributed by atoms with Crippen LogP contribution in [-0.2, 0) is 9.47 Å². The first kappa shape index (κ1) is 17.7. The summed E-state index contributed by atoms with van der Waals surface area (Å²) >= 11 is 0. The molecule has 1 heterocycles. The molecule has 0 aromatic rings. The average molecular weight is 293 g/mol. The van der Waals surface area contributed by atoms with Crippen molar-refractivity contribution in [2.75, 3.05) is 27.3 Å². The number of nitrogens with zero attached hydrogens (tertiary/aromatic N) is 2. The molecule has 1 aliphatic heterocycles. The molecule has 1 aliphatic rings. The van der Waals surface area contributed by atoms with Crippen LogP contribution in [0.25, 0.3) is 0 Å². The molecule has 118 valence electrons. The second-order valence-electron chi connectivity index (χ2n) is 5.13. The Morgan fingerprint density at radius 2 is 2.14 bits per heavy atom. The Kier molecular flexibility index (Phi) is 8.06. The van der Waals surface area contributed by atoms with E-state index in [9.17, 15) is 0 Å². The van der Waals surface area contributed by atoms with E-state index in [2.05, 4.69) is 29.5 Å². The third-order valence-corrected chi connectivity index (χ3v) is 3.69. The molecule has 0 saturated carbocycles. The molecule has 0 N–H and O–H groups in total. The molecule has 21 heavy (non-hydrogen) atoms. The van der Waals surface area contributed by atoms with E-state index in [0.29, 0.717) is 0 Å². The standard InChI is InChI=1S/C17H29N2O2/c1-6-9-15(20-4)12-16(18-8-3)17(21-5)19-11-10-14(7-2)13-19/h7-8,12,17H,6,9-11,13H2,1-5H3/q+1. The molecule has 1 atom stereocenters. The number of allylic oxidation sites excluding steroid dienone is 2. The molecule has 0 bridgehead atoms. The zero-order valence-corrected chi connectivity index (χ0v) is 14.1. The van der Waals surface area contributed by atoms with Gasteiger partial charge in [-0.3, -0.25) is 4.90 Å². The zero-order valence-electron chi connectivity index (χ0n) is 14.1. The number of hydrogen-bond acceptors (Lipinski definition) is 3. The predicted octanol–water partition coefficient (Wildman–Crippen LogP) is 2.54. The van der Waals surface area contributed by atoms with E-state index in [-0.39, 0.29) is 6.23 Å². The van der Waals surface area contributed by atoms with Gasteiger partial charge in [0.05, 0.1) is 13.2 Å². The Morgan fingerprint density at radius 3 is 2.62 bits per heavy atom. The summed E-state index contributed by atoms with van der Waals surface area (Å²) in [4.78, 5) is 2.31. The Labute approximate surface area is 128 Å². The molecule has 1 fully saturated rings. The summed E-state index contributed by atoms with van der Waals surface area (Å²) in [6, 6.07) is 0. The van der Waals surface area contributed by atoms with Crippen molar-refractivity contribution in [3.8, 4) is 0 Å². The highest BCUT2D eigenvalue weighted by atomic mass is 16.5. The molecule has 4 nitrogen and oxygen atoms in total. The highest BCUT2D eigenvalue weighted by Crippen LogP contribution is 2.19. The fourth-order valence-corrected chi connectivity index (χ4v) is 2.56. The first-order chi connectivity index (χ1) is 10.2. The minimum absolute atomic E-state index is 0.124. The molecule has 4 heteroatoms. The number of hydrogen-bond donors (Lipinski definition) is 0. The number of rotatable bonds is 7. The first-order valence-corrected chi connectivity index (χ1v) is 7.71. The van der Waals surface area contributed by atoms with Crippen molar-refractivity contribution in [3.63, 3.8) is 0 Å². The highest BCUT2D eigenvalue weighted by molar-refractivity contribution is 5.99. The third-order valence-electron chi connectivity index (χ3n) is 3.69. The molecule has 0 radical (unpaired) electrons. The maximum absolute atomic E-state index is 5.71. The van der Waals surface area contributed by atoms with Gasteiger partial charge in [0.15, 0.2) is 0 Å². The van der Waals surface area contributed by atoms with Gasteiger partial charge < -0.3 is 9.47 Å². The smallest absolute Gasteiger partial charge is 0.350 e. The zero-order chi connectivity index (χ0) is 15.7. The van der Waals surface area contributed by atoms with Gasteiger partial charge in [0.1, 0.15) is 5.76 Å². The van der Waals surface area contributed by atoms with Crippen molar-refractivity contribution in [3.05, 3.63) is 23.5 Å². The summed E-state index contributed by atoms with van der Waals surface area (Å²) in [6.07, 6.45) is 8.97. The van der Waals surface area contributed by atoms with E-state index >= 15 is 0 Å². The largest absolute Gasteiger partial charge is 0.501 e. The van der Waals surface area contributed by atoms with Crippen LogP contribution in [0.2, 0.25) is 0 Å². The quantitative estimate of drug-likeness (QED) is 0.313.